The fraction of sp³-hybridized carbons (Fsp3) is 0.545. The quantitative estimate of drug-likeness (QED) is 0.167. The molecule has 0 amide bonds. The van der Waals surface area contributed by atoms with Gasteiger partial charge in [-0.25, -0.2) is 14.6 Å². The number of carbonyl (C=O) groups excluding carboxylic acids is 4. The number of methoxy groups -OCH3 is 1. The van der Waals surface area contributed by atoms with Crippen molar-refractivity contribution in [2.75, 3.05) is 13.7 Å². The number of nitrogens with zero attached hydrogens (tertiary/aromatic N) is 2. The van der Waals surface area contributed by atoms with Crippen LogP contribution in [-0.2, 0) is 42.9 Å². The fourth-order valence-electron chi connectivity index (χ4n) is 7.53. The van der Waals surface area contributed by atoms with Crippen LogP contribution >= 0.6 is 0 Å². The van der Waals surface area contributed by atoms with Gasteiger partial charge in [-0.15, -0.1) is 0 Å². The number of amidine groups is 1. The number of hydrogen-bond acceptors (Lipinski definition) is 13. The van der Waals surface area contributed by atoms with Crippen LogP contribution < -0.4 is 5.73 Å². The number of ether oxygens (including phenoxy) is 5. The molecule has 3 aliphatic heterocycles. The lowest BCUT2D eigenvalue weighted by Gasteiger charge is -2.54. The summed E-state index contributed by atoms with van der Waals surface area (Å²) < 4.78 is 57.4. The third-order valence-corrected chi connectivity index (χ3v) is 9.93. The van der Waals surface area contributed by atoms with Gasteiger partial charge in [-0.3, -0.25) is 9.59 Å². The molecule has 260 valence electrons. The van der Waals surface area contributed by atoms with Crippen LogP contribution in [-0.4, -0.2) is 89.0 Å². The van der Waals surface area contributed by atoms with Gasteiger partial charge in [-0.05, 0) is 58.1 Å². The summed E-state index contributed by atoms with van der Waals surface area (Å²) in [6.45, 7) is 7.30. The largest absolute Gasteiger partial charge is 0.466 e. The summed E-state index contributed by atoms with van der Waals surface area (Å²) in [4.78, 5) is 56.1. The Morgan fingerprint density at radius 1 is 1.27 bits per heavy atom. The average Bonchev–Trinajstić information content (AvgIpc) is 3.32. The Balaban J connectivity index is 1.28. The molecule has 1 saturated carbocycles. The lowest BCUT2D eigenvalue weighted by molar-refractivity contribution is -0.235. The minimum absolute atomic E-state index is 0.0618. The minimum atomic E-state index is -3.76. The molecule has 3 heterocycles. The normalized spacial score (nSPS) is 35.7. The molecule has 0 aromatic rings. The van der Waals surface area contributed by atoms with Crippen molar-refractivity contribution in [3.05, 3.63) is 60.1 Å². The Bertz CT molecular complexity index is 1570. The summed E-state index contributed by atoms with van der Waals surface area (Å²) in [5.74, 6) is -6.80. The number of aliphatic hydroxyl groups is 1. The Hall–Kier alpha value is -4.37. The Kier molecular flexibility index (Phi) is 9.16. The molecule has 0 radical (unpaired) electrons. The molecule has 0 spiro atoms. The van der Waals surface area contributed by atoms with Crippen LogP contribution in [0.4, 0.5) is 8.78 Å². The lowest BCUT2D eigenvalue weighted by Crippen LogP contribution is -2.65. The van der Waals surface area contributed by atoms with Crippen LogP contribution in [0.1, 0.15) is 52.9 Å². The van der Waals surface area contributed by atoms with Gasteiger partial charge in [0.2, 0.25) is 6.23 Å². The summed E-state index contributed by atoms with van der Waals surface area (Å²) in [6.07, 6.45) is 4.26. The van der Waals surface area contributed by atoms with E-state index >= 15 is 0 Å². The van der Waals surface area contributed by atoms with Gasteiger partial charge in [-0.2, -0.15) is 8.78 Å². The van der Waals surface area contributed by atoms with E-state index in [4.69, 9.17) is 29.4 Å². The summed E-state index contributed by atoms with van der Waals surface area (Å²) >= 11 is 0. The second-order valence-corrected chi connectivity index (χ2v) is 12.8. The smallest absolute Gasteiger partial charge is 0.333 e. The third kappa shape index (κ3) is 5.72. The van der Waals surface area contributed by atoms with E-state index in [0.717, 1.165) is 4.90 Å². The van der Waals surface area contributed by atoms with Crippen molar-refractivity contribution in [1.29, 1.82) is 0 Å². The van der Waals surface area contributed by atoms with Gasteiger partial charge in [0.25, 0.3) is 0 Å². The number of allylic oxidation sites excluding steroid dienone is 3. The maximum absolute atomic E-state index is 14.9. The van der Waals surface area contributed by atoms with Crippen LogP contribution in [0, 0.1) is 11.3 Å². The Labute approximate surface area is 275 Å². The van der Waals surface area contributed by atoms with Gasteiger partial charge in [-0.1, -0.05) is 24.8 Å². The highest BCUT2D eigenvalue weighted by Crippen LogP contribution is 2.65. The molecule has 2 aliphatic carbocycles. The van der Waals surface area contributed by atoms with Crippen LogP contribution in [0.2, 0.25) is 0 Å². The molecule has 2 saturated heterocycles. The summed E-state index contributed by atoms with van der Waals surface area (Å²) in [6, 6.07) is 0. The van der Waals surface area contributed by atoms with Gasteiger partial charge in [0.15, 0.2) is 6.10 Å². The van der Waals surface area contributed by atoms with Gasteiger partial charge in [0, 0.05) is 30.2 Å². The van der Waals surface area contributed by atoms with E-state index in [1.807, 2.05) is 0 Å². The number of esters is 4. The molecule has 5 rings (SSSR count). The van der Waals surface area contributed by atoms with Crippen molar-refractivity contribution >= 4 is 29.7 Å². The predicted octanol–water partition coefficient (Wildman–Crippen LogP) is 2.71. The van der Waals surface area contributed by atoms with Crippen LogP contribution in [0.3, 0.4) is 0 Å². The predicted molar refractivity (Wildman–Crippen MR) is 163 cm³/mol. The zero-order valence-electron chi connectivity index (χ0n) is 27.1. The fourth-order valence-corrected chi connectivity index (χ4v) is 7.53. The molecule has 7 atom stereocenters. The van der Waals surface area contributed by atoms with Crippen molar-refractivity contribution in [3.63, 3.8) is 0 Å². The maximum atomic E-state index is 14.9. The van der Waals surface area contributed by atoms with Crippen molar-refractivity contribution in [2.45, 2.75) is 88.4 Å². The average molecular weight is 676 g/mol. The molecule has 48 heavy (non-hydrogen) atoms. The number of rotatable bonds is 8. The number of alkyl halides is 2. The first-order chi connectivity index (χ1) is 22.5. The number of carbonyl (C=O) groups is 4. The third-order valence-electron chi connectivity index (χ3n) is 9.93. The van der Waals surface area contributed by atoms with Gasteiger partial charge < -0.3 is 39.4 Å². The number of halogens is 2. The number of aliphatic hydroxyl groups excluding tert-OH is 1. The van der Waals surface area contributed by atoms with Gasteiger partial charge in [0.05, 0.1) is 7.11 Å². The van der Waals surface area contributed by atoms with Gasteiger partial charge >= 0.3 is 29.8 Å². The summed E-state index contributed by atoms with van der Waals surface area (Å²) in [5.41, 5.74) is 2.34. The molecule has 0 aromatic heterocycles. The highest BCUT2D eigenvalue weighted by molar-refractivity contribution is 5.93. The van der Waals surface area contributed by atoms with Crippen molar-refractivity contribution in [3.8, 4) is 0 Å². The van der Waals surface area contributed by atoms with Crippen LogP contribution in [0.15, 0.2) is 65.1 Å². The first kappa shape index (κ1) is 35.0. The van der Waals surface area contributed by atoms with Crippen LogP contribution in [0.25, 0.3) is 0 Å². The molecule has 15 heteroatoms. The monoisotopic (exact) mass is 675 g/mol. The molecule has 13 nitrogen and oxygen atoms in total. The van der Waals surface area contributed by atoms with Crippen molar-refractivity contribution in [2.24, 2.45) is 22.1 Å². The molecule has 2 bridgehead atoms. The van der Waals surface area contributed by atoms with Crippen molar-refractivity contribution in [1.82, 2.24) is 4.90 Å². The van der Waals surface area contributed by atoms with E-state index in [9.17, 15) is 33.1 Å². The van der Waals surface area contributed by atoms with E-state index in [1.165, 1.54) is 45.4 Å². The Morgan fingerprint density at radius 3 is 2.67 bits per heavy atom. The second-order valence-electron chi connectivity index (χ2n) is 12.8. The summed E-state index contributed by atoms with van der Waals surface area (Å²) in [7, 11) is 1.27. The van der Waals surface area contributed by atoms with E-state index in [1.54, 1.807) is 19.1 Å². The van der Waals surface area contributed by atoms with E-state index in [2.05, 4.69) is 11.6 Å². The first-order valence-corrected chi connectivity index (χ1v) is 15.5. The SMILES string of the molecule is C=C1N=C(N)C=CN1[C@@H]1O[C@H](COC(=O)/C(C)=C/C=C/[C@@]2(C)OC(=O)[C@]34CC=C(C(=O)OC)CC[C@]3(OC(C)=O)[C@H]2CC4)C(O)C1(F)F. The molecule has 3 fully saturated rings. The standard InChI is InChI=1S/C33H39F2N3O10/c1-18(26(41)45-17-22-25(40)33(34,35)28(46-22)38-16-11-24(36)37-19(38)2)7-6-12-30(4)23-10-14-31(29(43)48-30)13-8-21(27(42)44-5)9-15-32(23,31)47-20(3)39/h6-8,11-12,16,22-23,25,28,40H,2,9-10,13-15,17H2,1,3-5H3,(H2,36,37)/b12-6+,18-7+/t22-,23+,25?,28-,30-,31-,32+/m1/s1. The molecule has 3 N–H and O–H groups in total. The molecule has 0 aromatic carbocycles. The molecule has 1 unspecified atom stereocenters. The van der Waals surface area contributed by atoms with E-state index in [0.29, 0.717) is 18.4 Å². The highest BCUT2D eigenvalue weighted by Gasteiger charge is 2.74. The zero-order chi connectivity index (χ0) is 35.2. The number of cyclic esters (lactones) is 1. The van der Waals surface area contributed by atoms with E-state index < -0.39 is 77.4 Å². The second kappa shape index (κ2) is 12.6. The molecular formula is C33H39F2N3O10. The Morgan fingerprint density at radius 2 is 2.00 bits per heavy atom. The van der Waals surface area contributed by atoms with Gasteiger partial charge in [0.1, 0.15) is 41.0 Å². The molecule has 5 aliphatic rings. The summed E-state index contributed by atoms with van der Waals surface area (Å²) in [5, 5.41) is 10.3. The number of hydrogen-bond donors (Lipinski definition) is 2. The number of aliphatic imine (C=N–C) groups is 1. The highest BCUT2D eigenvalue weighted by atomic mass is 19.3. The maximum Gasteiger partial charge on any atom is 0.333 e. The first-order valence-electron chi connectivity index (χ1n) is 15.5. The van der Waals surface area contributed by atoms with Crippen LogP contribution in [0.5, 0.6) is 0 Å². The molecular weight excluding hydrogens is 636 g/mol. The minimum Gasteiger partial charge on any atom is -0.466 e. The number of nitrogens with two attached hydrogens (primary N) is 1. The van der Waals surface area contributed by atoms with E-state index in [-0.39, 0.29) is 36.5 Å². The lowest BCUT2D eigenvalue weighted by atomic mass is 9.62. The topological polar surface area (TPSA) is 176 Å². The zero-order valence-corrected chi connectivity index (χ0v) is 27.1. The van der Waals surface area contributed by atoms with Crippen molar-refractivity contribution < 1.29 is 56.7 Å².